The Morgan fingerprint density at radius 1 is 1.16 bits per heavy atom. The van der Waals surface area contributed by atoms with Gasteiger partial charge in [-0.15, -0.1) is 24.0 Å². The van der Waals surface area contributed by atoms with Gasteiger partial charge in [-0.05, 0) is 48.7 Å². The number of guanidine groups is 1. The van der Waals surface area contributed by atoms with Crippen LogP contribution in [0.25, 0.3) is 5.69 Å². The molecule has 3 aromatic rings. The van der Waals surface area contributed by atoms with Crippen molar-refractivity contribution in [2.75, 3.05) is 11.9 Å². The Bertz CT molecular complexity index is 827. The first-order chi connectivity index (χ1) is 11.7. The molecule has 1 aromatic heterocycles. The highest BCUT2D eigenvalue weighted by atomic mass is 127. The molecule has 0 saturated carbocycles. The van der Waals surface area contributed by atoms with E-state index >= 15 is 0 Å². The van der Waals surface area contributed by atoms with E-state index in [0.717, 1.165) is 23.4 Å². The topological polar surface area (TPSA) is 68.2 Å². The molecule has 0 aliphatic carbocycles. The van der Waals surface area contributed by atoms with Crippen LogP contribution in [0.15, 0.2) is 72.0 Å². The predicted molar refractivity (Wildman–Crippen MR) is 114 cm³/mol. The Hall–Kier alpha value is -2.35. The first-order valence-corrected chi connectivity index (χ1v) is 7.93. The smallest absolute Gasteiger partial charge is 0.193 e. The second kappa shape index (κ2) is 9.22. The van der Waals surface area contributed by atoms with Gasteiger partial charge in [-0.2, -0.15) is 5.10 Å². The van der Waals surface area contributed by atoms with E-state index in [4.69, 9.17) is 5.73 Å². The lowest BCUT2D eigenvalue weighted by Crippen LogP contribution is -2.23. The summed E-state index contributed by atoms with van der Waals surface area (Å²) in [5.74, 6) is 0.427. The van der Waals surface area contributed by atoms with Crippen molar-refractivity contribution >= 4 is 35.6 Å². The van der Waals surface area contributed by atoms with Gasteiger partial charge in [0.2, 0.25) is 0 Å². The van der Waals surface area contributed by atoms with E-state index in [1.807, 2.05) is 78.6 Å². The molecule has 130 valence electrons. The van der Waals surface area contributed by atoms with Crippen molar-refractivity contribution in [3.63, 3.8) is 0 Å². The number of hydrogen-bond donors (Lipinski definition) is 2. The lowest BCUT2D eigenvalue weighted by Gasteiger charge is -2.06. The number of benzene rings is 2. The van der Waals surface area contributed by atoms with Gasteiger partial charge in [-0.25, -0.2) is 4.68 Å². The minimum atomic E-state index is 0. The van der Waals surface area contributed by atoms with Crippen LogP contribution in [0, 0.1) is 6.92 Å². The average Bonchev–Trinajstić information content (AvgIpc) is 3.04. The van der Waals surface area contributed by atoms with E-state index in [2.05, 4.69) is 15.4 Å². The van der Waals surface area contributed by atoms with Crippen LogP contribution < -0.4 is 11.1 Å². The molecule has 25 heavy (non-hydrogen) atoms. The zero-order valence-corrected chi connectivity index (χ0v) is 16.4. The molecule has 3 rings (SSSR count). The molecule has 6 heteroatoms. The number of aryl methyl sites for hydroxylation is 1. The van der Waals surface area contributed by atoms with E-state index in [-0.39, 0.29) is 24.0 Å². The van der Waals surface area contributed by atoms with Gasteiger partial charge in [0.05, 0.1) is 11.9 Å². The van der Waals surface area contributed by atoms with E-state index in [1.54, 1.807) is 0 Å². The normalized spacial score (nSPS) is 11.0. The highest BCUT2D eigenvalue weighted by molar-refractivity contribution is 14.0. The Morgan fingerprint density at radius 2 is 1.96 bits per heavy atom. The Labute approximate surface area is 165 Å². The number of halogens is 1. The van der Waals surface area contributed by atoms with Gasteiger partial charge in [-0.3, -0.25) is 4.99 Å². The van der Waals surface area contributed by atoms with Crippen LogP contribution in [-0.4, -0.2) is 22.3 Å². The Balaban J connectivity index is 0.00000225. The zero-order chi connectivity index (χ0) is 16.8. The summed E-state index contributed by atoms with van der Waals surface area (Å²) in [6.45, 7) is 2.66. The molecule has 0 saturated heterocycles. The molecule has 0 fully saturated rings. The first kappa shape index (κ1) is 19.0. The third kappa shape index (κ3) is 5.60. The molecule has 2 aromatic carbocycles. The minimum absolute atomic E-state index is 0. The number of anilines is 1. The number of aromatic nitrogens is 2. The Morgan fingerprint density at radius 3 is 2.72 bits per heavy atom. The molecule has 0 aliphatic heterocycles. The molecule has 5 nitrogen and oxygen atoms in total. The molecule has 3 N–H and O–H groups in total. The summed E-state index contributed by atoms with van der Waals surface area (Å²) in [5.41, 5.74) is 10.2. The van der Waals surface area contributed by atoms with Gasteiger partial charge in [-0.1, -0.05) is 30.3 Å². The van der Waals surface area contributed by atoms with Crippen LogP contribution in [0.3, 0.4) is 0 Å². The van der Waals surface area contributed by atoms with Gasteiger partial charge >= 0.3 is 0 Å². The summed E-state index contributed by atoms with van der Waals surface area (Å²) < 4.78 is 1.87. The van der Waals surface area contributed by atoms with Crippen LogP contribution >= 0.6 is 24.0 Å². The molecule has 0 spiro atoms. The van der Waals surface area contributed by atoms with Crippen LogP contribution in [0.4, 0.5) is 5.69 Å². The number of nitrogens with two attached hydrogens (primary N) is 1. The highest BCUT2D eigenvalue weighted by Crippen LogP contribution is 2.10. The SMILES string of the molecule is Cc1cccc(NC(N)=NCCc2cnn(-c3ccccc3)c2)c1.I. The Kier molecular flexibility index (Phi) is 7.00. The molecular weight excluding hydrogens is 425 g/mol. The number of para-hydroxylation sites is 1. The third-order valence-corrected chi connectivity index (χ3v) is 3.63. The van der Waals surface area contributed by atoms with Gasteiger partial charge in [0.25, 0.3) is 0 Å². The second-order valence-corrected chi connectivity index (χ2v) is 5.64. The number of nitrogens with zero attached hydrogens (tertiary/aromatic N) is 3. The third-order valence-electron chi connectivity index (χ3n) is 3.63. The molecule has 1 heterocycles. The standard InChI is InChI=1S/C19H21N5.HI/c1-15-6-5-7-17(12-15)23-19(20)21-11-10-16-13-22-24(14-16)18-8-3-2-4-9-18;/h2-9,12-14H,10-11H2,1H3,(H3,20,21,23);1H. The molecule has 0 amide bonds. The lowest BCUT2D eigenvalue weighted by molar-refractivity contribution is 0.879. The van der Waals surface area contributed by atoms with E-state index in [9.17, 15) is 0 Å². The molecule has 0 aliphatic rings. The highest BCUT2D eigenvalue weighted by Gasteiger charge is 2.01. The van der Waals surface area contributed by atoms with Crippen molar-refractivity contribution in [3.05, 3.63) is 78.1 Å². The van der Waals surface area contributed by atoms with Crippen molar-refractivity contribution in [2.45, 2.75) is 13.3 Å². The maximum Gasteiger partial charge on any atom is 0.193 e. The van der Waals surface area contributed by atoms with Crippen LogP contribution in [0.1, 0.15) is 11.1 Å². The maximum absolute atomic E-state index is 5.93. The van der Waals surface area contributed by atoms with E-state index < -0.39 is 0 Å². The van der Waals surface area contributed by atoms with Crippen molar-refractivity contribution < 1.29 is 0 Å². The summed E-state index contributed by atoms with van der Waals surface area (Å²) in [7, 11) is 0. The summed E-state index contributed by atoms with van der Waals surface area (Å²) >= 11 is 0. The fraction of sp³-hybridized carbons (Fsp3) is 0.158. The molecule has 0 radical (unpaired) electrons. The average molecular weight is 447 g/mol. The number of rotatable bonds is 5. The molecule has 0 unspecified atom stereocenters. The van der Waals surface area contributed by atoms with E-state index in [0.29, 0.717) is 12.5 Å². The van der Waals surface area contributed by atoms with Crippen LogP contribution in [-0.2, 0) is 6.42 Å². The van der Waals surface area contributed by atoms with Crippen LogP contribution in [0.5, 0.6) is 0 Å². The predicted octanol–water partition coefficient (Wildman–Crippen LogP) is 3.77. The molecular formula is C19H22IN5. The molecule has 0 atom stereocenters. The summed E-state index contributed by atoms with van der Waals surface area (Å²) in [6.07, 6.45) is 4.69. The first-order valence-electron chi connectivity index (χ1n) is 7.93. The molecule has 0 bridgehead atoms. The van der Waals surface area contributed by atoms with Crippen molar-refractivity contribution in [1.29, 1.82) is 0 Å². The number of nitrogens with one attached hydrogen (secondary N) is 1. The quantitative estimate of drug-likeness (QED) is 0.356. The summed E-state index contributed by atoms with van der Waals surface area (Å²) in [5, 5.41) is 7.49. The van der Waals surface area contributed by atoms with Gasteiger partial charge in [0.1, 0.15) is 0 Å². The minimum Gasteiger partial charge on any atom is -0.370 e. The van der Waals surface area contributed by atoms with Crippen LogP contribution in [0.2, 0.25) is 0 Å². The lowest BCUT2D eigenvalue weighted by atomic mass is 10.2. The van der Waals surface area contributed by atoms with Gasteiger partial charge in [0, 0.05) is 18.4 Å². The number of hydrogen-bond acceptors (Lipinski definition) is 2. The fourth-order valence-corrected chi connectivity index (χ4v) is 2.43. The largest absolute Gasteiger partial charge is 0.370 e. The van der Waals surface area contributed by atoms with Crippen molar-refractivity contribution in [3.8, 4) is 5.69 Å². The number of aliphatic imine (C=N–C) groups is 1. The second-order valence-electron chi connectivity index (χ2n) is 5.64. The fourth-order valence-electron chi connectivity index (χ4n) is 2.43. The summed E-state index contributed by atoms with van der Waals surface area (Å²) in [4.78, 5) is 4.37. The zero-order valence-electron chi connectivity index (χ0n) is 14.1. The van der Waals surface area contributed by atoms with E-state index in [1.165, 1.54) is 5.56 Å². The monoisotopic (exact) mass is 447 g/mol. The van der Waals surface area contributed by atoms with Crippen molar-refractivity contribution in [1.82, 2.24) is 9.78 Å². The van der Waals surface area contributed by atoms with Gasteiger partial charge < -0.3 is 11.1 Å². The maximum atomic E-state index is 5.93. The van der Waals surface area contributed by atoms with Gasteiger partial charge in [0.15, 0.2) is 5.96 Å². The summed E-state index contributed by atoms with van der Waals surface area (Å²) in [6, 6.07) is 18.1. The van der Waals surface area contributed by atoms with Crippen molar-refractivity contribution in [2.24, 2.45) is 10.7 Å².